The average molecular weight is 725 g/mol. The first-order valence-electron chi connectivity index (χ1n) is 18.3. The molecule has 0 unspecified atom stereocenters. The van der Waals surface area contributed by atoms with Crippen LogP contribution in [0.1, 0.15) is 16.7 Å². The molecule has 2 aromatic heterocycles. The van der Waals surface area contributed by atoms with E-state index in [9.17, 15) is 10.2 Å². The molecule has 7 aromatic carbocycles. The van der Waals surface area contributed by atoms with Crippen molar-refractivity contribution in [3.63, 3.8) is 0 Å². The Morgan fingerprint density at radius 2 is 0.815 bits per heavy atom. The van der Waals surface area contributed by atoms with Gasteiger partial charge in [0.1, 0.15) is 17.2 Å². The Hall–Kier alpha value is -6.11. The molecule has 0 aliphatic heterocycles. The van der Waals surface area contributed by atoms with Crippen molar-refractivity contribution in [1.29, 1.82) is 0 Å². The number of phenols is 2. The molecular formula is C48H40N2O3S. The minimum atomic E-state index is 0.165. The fourth-order valence-electron chi connectivity index (χ4n) is 8.19. The third-order valence-corrected chi connectivity index (χ3v) is 11.0. The largest absolute Gasteiger partial charge is 0.505 e. The Bertz CT molecular complexity index is 2620. The van der Waals surface area contributed by atoms with E-state index in [0.717, 1.165) is 77.2 Å². The molecule has 0 amide bonds. The highest BCUT2D eigenvalue weighted by atomic mass is 32.2. The van der Waals surface area contributed by atoms with E-state index in [1.165, 1.54) is 0 Å². The number of para-hydroxylation sites is 4. The van der Waals surface area contributed by atoms with Crippen LogP contribution in [-0.2, 0) is 0 Å². The summed E-state index contributed by atoms with van der Waals surface area (Å²) in [6, 6.07) is 45.7. The number of rotatable bonds is 8. The van der Waals surface area contributed by atoms with Crippen LogP contribution in [0.3, 0.4) is 0 Å². The highest BCUT2D eigenvalue weighted by molar-refractivity contribution is 7.98. The molecule has 6 heteroatoms. The quantitative estimate of drug-likeness (QED) is 0.153. The van der Waals surface area contributed by atoms with Crippen LogP contribution in [-0.4, -0.2) is 38.0 Å². The van der Waals surface area contributed by atoms with Gasteiger partial charge in [0, 0.05) is 49.6 Å². The molecule has 0 saturated heterocycles. The van der Waals surface area contributed by atoms with Gasteiger partial charge in [-0.25, -0.2) is 0 Å². The molecule has 5 nitrogen and oxygen atoms in total. The summed E-state index contributed by atoms with van der Waals surface area (Å²) in [5, 5.41) is 29.4. The molecule has 2 N–H and O–H groups in total. The number of hydrogen-bond donors (Lipinski definition) is 2. The summed E-state index contributed by atoms with van der Waals surface area (Å²) in [5.41, 5.74) is 11.4. The lowest BCUT2D eigenvalue weighted by Crippen LogP contribution is -2.05. The first kappa shape index (κ1) is 33.7. The van der Waals surface area contributed by atoms with E-state index in [1.54, 1.807) is 11.8 Å². The predicted molar refractivity (Wildman–Crippen MR) is 227 cm³/mol. The number of fused-ring (bicyclic) bond motifs is 6. The summed E-state index contributed by atoms with van der Waals surface area (Å²) in [5.74, 6) is 1.74. The van der Waals surface area contributed by atoms with Gasteiger partial charge >= 0.3 is 0 Å². The summed E-state index contributed by atoms with van der Waals surface area (Å²) in [7, 11) is 0. The number of thioether (sulfide) groups is 1. The molecule has 0 atom stereocenters. The van der Waals surface area contributed by atoms with E-state index in [2.05, 4.69) is 121 Å². The van der Waals surface area contributed by atoms with Crippen molar-refractivity contribution >= 4 is 55.4 Å². The van der Waals surface area contributed by atoms with Crippen molar-refractivity contribution in [1.82, 2.24) is 9.13 Å². The zero-order valence-electron chi connectivity index (χ0n) is 30.7. The monoisotopic (exact) mass is 724 g/mol. The van der Waals surface area contributed by atoms with E-state index in [0.29, 0.717) is 34.9 Å². The third-order valence-electron chi connectivity index (χ3n) is 10.5. The first-order chi connectivity index (χ1) is 26.3. The molecule has 9 rings (SSSR count). The SMILES string of the molecule is CSCCOc1c(-c2cc(C)cc(-n3c4ccccc4c4ccccc43)c2O)cc(C)cc1-c1cc(C)cc(-n2c3ccccc3c3ccccc32)c1O. The molecule has 0 aliphatic rings. The fourth-order valence-corrected chi connectivity index (χ4v) is 8.44. The maximum absolute atomic E-state index is 12.4. The van der Waals surface area contributed by atoms with Crippen LogP contribution in [0.15, 0.2) is 133 Å². The number of aromatic hydroxyl groups is 2. The number of ether oxygens (including phenoxy) is 1. The van der Waals surface area contributed by atoms with Crippen LogP contribution >= 0.6 is 11.8 Å². The van der Waals surface area contributed by atoms with Crippen molar-refractivity contribution in [3.05, 3.63) is 150 Å². The predicted octanol–water partition coefficient (Wildman–Crippen LogP) is 12.3. The second kappa shape index (κ2) is 13.4. The molecule has 266 valence electrons. The Morgan fingerprint density at radius 3 is 1.19 bits per heavy atom. The van der Waals surface area contributed by atoms with E-state index in [1.807, 2.05) is 48.5 Å². The van der Waals surface area contributed by atoms with E-state index >= 15 is 0 Å². The summed E-state index contributed by atoms with van der Waals surface area (Å²) < 4.78 is 11.1. The van der Waals surface area contributed by atoms with E-state index < -0.39 is 0 Å². The zero-order valence-corrected chi connectivity index (χ0v) is 31.5. The number of hydrogen-bond acceptors (Lipinski definition) is 4. The van der Waals surface area contributed by atoms with Gasteiger partial charge in [0.15, 0.2) is 0 Å². The number of nitrogens with zero attached hydrogens (tertiary/aromatic N) is 2. The number of aryl methyl sites for hydroxylation is 3. The Balaban J connectivity index is 1.30. The van der Waals surface area contributed by atoms with Crippen molar-refractivity contribution in [2.45, 2.75) is 20.8 Å². The minimum Gasteiger partial charge on any atom is -0.505 e. The lowest BCUT2D eigenvalue weighted by atomic mass is 9.91. The molecule has 9 aromatic rings. The lowest BCUT2D eigenvalue weighted by Gasteiger charge is -2.22. The highest BCUT2D eigenvalue weighted by Crippen LogP contribution is 2.49. The Labute approximate surface area is 318 Å². The van der Waals surface area contributed by atoms with Gasteiger partial charge in [0.25, 0.3) is 0 Å². The Morgan fingerprint density at radius 1 is 0.481 bits per heavy atom. The second-order valence-electron chi connectivity index (χ2n) is 14.1. The molecule has 0 spiro atoms. The zero-order chi connectivity index (χ0) is 37.1. The average Bonchev–Trinajstić information content (AvgIpc) is 3.70. The van der Waals surface area contributed by atoms with E-state index in [4.69, 9.17) is 4.74 Å². The van der Waals surface area contributed by atoms with Crippen molar-refractivity contribution in [2.75, 3.05) is 18.6 Å². The van der Waals surface area contributed by atoms with Crippen LogP contribution < -0.4 is 4.74 Å². The molecule has 0 radical (unpaired) electrons. The molecular weight excluding hydrogens is 685 g/mol. The van der Waals surface area contributed by atoms with E-state index in [-0.39, 0.29) is 11.5 Å². The normalized spacial score (nSPS) is 11.7. The first-order valence-corrected chi connectivity index (χ1v) is 19.6. The van der Waals surface area contributed by atoms with Gasteiger partial charge in [-0.1, -0.05) is 72.8 Å². The topological polar surface area (TPSA) is 59.5 Å². The van der Waals surface area contributed by atoms with Crippen molar-refractivity contribution in [3.8, 4) is 50.9 Å². The Kier molecular flexibility index (Phi) is 8.36. The lowest BCUT2D eigenvalue weighted by molar-refractivity contribution is 0.346. The van der Waals surface area contributed by atoms with Crippen molar-refractivity contribution < 1.29 is 14.9 Å². The number of benzene rings is 7. The summed E-state index contributed by atoms with van der Waals surface area (Å²) >= 11 is 1.71. The summed E-state index contributed by atoms with van der Waals surface area (Å²) in [6.45, 7) is 6.65. The van der Waals surface area contributed by atoms with Crippen molar-refractivity contribution in [2.24, 2.45) is 0 Å². The summed E-state index contributed by atoms with van der Waals surface area (Å²) in [6.07, 6.45) is 2.06. The van der Waals surface area contributed by atoms with Crippen LogP contribution in [0, 0.1) is 20.8 Å². The smallest absolute Gasteiger partial charge is 0.147 e. The minimum absolute atomic E-state index is 0.165. The number of aromatic nitrogens is 2. The molecule has 0 aliphatic carbocycles. The molecule has 0 fully saturated rings. The maximum atomic E-state index is 12.4. The van der Waals surface area contributed by atoms with Crippen LogP contribution in [0.5, 0.6) is 17.2 Å². The second-order valence-corrected chi connectivity index (χ2v) is 15.1. The van der Waals surface area contributed by atoms with Gasteiger partial charge in [-0.15, -0.1) is 0 Å². The van der Waals surface area contributed by atoms with Gasteiger partial charge in [-0.3, -0.25) is 0 Å². The fraction of sp³-hybridized carbons (Fsp3) is 0.125. The standard InChI is InChI=1S/C48H40N2O3S/c1-29-25-38(36-23-30(2)27-44(46(36)51)49-40-17-9-5-13-32(40)33-14-6-10-18-41(33)49)48(53-21-22-54-4)39(26-29)37-24-31(3)28-45(47(37)52)50-42-19-11-7-15-34(42)35-16-8-12-20-43(35)50/h5-20,23-28,51-52H,21-22H2,1-4H3. The number of phenolic OH excluding ortho intramolecular Hbond substituents is 2. The van der Waals surface area contributed by atoms with Gasteiger partial charge in [0.05, 0.1) is 40.0 Å². The molecule has 2 heterocycles. The van der Waals surface area contributed by atoms with Gasteiger partial charge in [-0.2, -0.15) is 11.8 Å². The molecule has 54 heavy (non-hydrogen) atoms. The third kappa shape index (κ3) is 5.40. The molecule has 0 saturated carbocycles. The van der Waals surface area contributed by atoms with Gasteiger partial charge in [-0.05, 0) is 104 Å². The summed E-state index contributed by atoms with van der Waals surface area (Å²) in [4.78, 5) is 0. The van der Waals surface area contributed by atoms with Crippen LogP contribution in [0.4, 0.5) is 0 Å². The maximum Gasteiger partial charge on any atom is 0.147 e. The van der Waals surface area contributed by atoms with Crippen LogP contribution in [0.25, 0.3) is 77.2 Å². The van der Waals surface area contributed by atoms with Gasteiger partial charge < -0.3 is 24.1 Å². The van der Waals surface area contributed by atoms with Crippen LogP contribution in [0.2, 0.25) is 0 Å². The van der Waals surface area contributed by atoms with Gasteiger partial charge in [0.2, 0.25) is 0 Å². The highest BCUT2D eigenvalue weighted by Gasteiger charge is 2.25. The molecule has 0 bridgehead atoms.